The summed E-state index contributed by atoms with van der Waals surface area (Å²) in [6.45, 7) is 6.78. The molecular formula is C17H25NO3S. The van der Waals surface area contributed by atoms with Gasteiger partial charge in [-0.05, 0) is 41.1 Å². The SMILES string of the molecule is COC(=O)CC(C)(C)CC(=O)N1C[C@H](c2ccsc2)C[C@H]1C. The summed E-state index contributed by atoms with van der Waals surface area (Å²) >= 11 is 1.70. The molecule has 22 heavy (non-hydrogen) atoms. The van der Waals surface area contributed by atoms with Crippen molar-refractivity contribution in [3.8, 4) is 0 Å². The van der Waals surface area contributed by atoms with E-state index < -0.39 is 0 Å². The molecule has 5 heteroatoms. The molecule has 0 aromatic carbocycles. The molecule has 122 valence electrons. The van der Waals surface area contributed by atoms with E-state index in [2.05, 4.69) is 23.8 Å². The summed E-state index contributed by atoms with van der Waals surface area (Å²) < 4.78 is 4.72. The fourth-order valence-corrected chi connectivity index (χ4v) is 3.91. The Kier molecular flexibility index (Phi) is 5.27. The molecule has 0 bridgehead atoms. The number of carbonyl (C=O) groups excluding carboxylic acids is 2. The molecule has 4 nitrogen and oxygen atoms in total. The predicted molar refractivity (Wildman–Crippen MR) is 87.9 cm³/mol. The zero-order chi connectivity index (χ0) is 16.3. The molecule has 2 heterocycles. The number of hydrogen-bond acceptors (Lipinski definition) is 4. The lowest BCUT2D eigenvalue weighted by atomic mass is 9.85. The maximum absolute atomic E-state index is 12.6. The molecule has 1 amide bonds. The van der Waals surface area contributed by atoms with E-state index in [0.717, 1.165) is 13.0 Å². The molecule has 1 aromatic heterocycles. The van der Waals surface area contributed by atoms with Gasteiger partial charge in [-0.3, -0.25) is 9.59 Å². The van der Waals surface area contributed by atoms with E-state index in [0.29, 0.717) is 12.3 Å². The number of rotatable bonds is 5. The quantitative estimate of drug-likeness (QED) is 0.780. The lowest BCUT2D eigenvalue weighted by Gasteiger charge is -2.28. The van der Waals surface area contributed by atoms with Crippen LogP contribution in [0, 0.1) is 5.41 Å². The van der Waals surface area contributed by atoms with Crippen molar-refractivity contribution >= 4 is 23.2 Å². The molecule has 1 aliphatic heterocycles. The molecule has 1 aliphatic rings. The Bertz CT molecular complexity index is 524. The van der Waals surface area contributed by atoms with Gasteiger partial charge in [-0.15, -0.1) is 0 Å². The summed E-state index contributed by atoms with van der Waals surface area (Å²) in [5.74, 6) is 0.316. The Morgan fingerprint density at radius 1 is 1.41 bits per heavy atom. The number of carbonyl (C=O) groups is 2. The molecule has 0 spiro atoms. The van der Waals surface area contributed by atoms with E-state index >= 15 is 0 Å². The smallest absolute Gasteiger partial charge is 0.306 e. The van der Waals surface area contributed by atoms with Gasteiger partial charge in [0.2, 0.25) is 5.91 Å². The summed E-state index contributed by atoms with van der Waals surface area (Å²) in [4.78, 5) is 26.1. The largest absolute Gasteiger partial charge is 0.469 e. The van der Waals surface area contributed by atoms with Crippen molar-refractivity contribution in [3.63, 3.8) is 0 Å². The Labute approximate surface area is 136 Å². The predicted octanol–water partition coefficient (Wildman–Crippen LogP) is 3.43. The van der Waals surface area contributed by atoms with Crippen LogP contribution < -0.4 is 0 Å². The monoisotopic (exact) mass is 323 g/mol. The minimum absolute atomic E-state index is 0.138. The maximum Gasteiger partial charge on any atom is 0.306 e. The number of likely N-dealkylation sites (tertiary alicyclic amines) is 1. The number of nitrogens with zero attached hydrogens (tertiary/aromatic N) is 1. The van der Waals surface area contributed by atoms with Crippen molar-refractivity contribution in [2.24, 2.45) is 5.41 Å². The second kappa shape index (κ2) is 6.82. The number of esters is 1. The molecule has 0 saturated carbocycles. The first-order valence-electron chi connectivity index (χ1n) is 7.71. The average Bonchev–Trinajstić information content (AvgIpc) is 3.05. The van der Waals surface area contributed by atoms with Crippen LogP contribution in [0.25, 0.3) is 0 Å². The van der Waals surface area contributed by atoms with Gasteiger partial charge in [0.15, 0.2) is 0 Å². The minimum Gasteiger partial charge on any atom is -0.469 e. The summed E-state index contributed by atoms with van der Waals surface area (Å²) in [6, 6.07) is 2.41. The first kappa shape index (κ1) is 17.0. The third-order valence-electron chi connectivity index (χ3n) is 4.39. The molecule has 0 radical (unpaired) electrons. The molecule has 0 unspecified atom stereocenters. The molecule has 2 atom stereocenters. The van der Waals surface area contributed by atoms with E-state index in [1.807, 2.05) is 18.7 Å². The van der Waals surface area contributed by atoms with E-state index in [-0.39, 0.29) is 29.8 Å². The van der Waals surface area contributed by atoms with E-state index in [4.69, 9.17) is 4.74 Å². The molecule has 1 saturated heterocycles. The van der Waals surface area contributed by atoms with Crippen LogP contribution in [0.5, 0.6) is 0 Å². The summed E-state index contributed by atoms with van der Waals surface area (Å²) in [5.41, 5.74) is 0.964. The molecular weight excluding hydrogens is 298 g/mol. The number of thiophene rings is 1. The second-order valence-electron chi connectivity index (χ2n) is 6.98. The summed E-state index contributed by atoms with van der Waals surface area (Å²) in [5, 5.41) is 4.26. The van der Waals surface area contributed by atoms with Crippen LogP contribution in [0.3, 0.4) is 0 Å². The van der Waals surface area contributed by atoms with Gasteiger partial charge in [-0.1, -0.05) is 13.8 Å². The zero-order valence-electron chi connectivity index (χ0n) is 13.8. The lowest BCUT2D eigenvalue weighted by molar-refractivity contribution is -0.144. The molecule has 0 aliphatic carbocycles. The van der Waals surface area contributed by atoms with Crippen molar-refractivity contribution in [2.45, 2.75) is 52.0 Å². The second-order valence-corrected chi connectivity index (χ2v) is 7.76. The third-order valence-corrected chi connectivity index (χ3v) is 5.09. The van der Waals surface area contributed by atoms with Gasteiger partial charge in [0.25, 0.3) is 0 Å². The van der Waals surface area contributed by atoms with Crippen LogP contribution in [-0.2, 0) is 14.3 Å². The number of ether oxygens (including phenoxy) is 1. The van der Waals surface area contributed by atoms with Crippen LogP contribution in [0.2, 0.25) is 0 Å². The van der Waals surface area contributed by atoms with Crippen LogP contribution in [0.4, 0.5) is 0 Å². The first-order valence-corrected chi connectivity index (χ1v) is 8.65. The van der Waals surface area contributed by atoms with Gasteiger partial charge < -0.3 is 9.64 Å². The Morgan fingerprint density at radius 2 is 2.14 bits per heavy atom. The van der Waals surface area contributed by atoms with Crippen LogP contribution in [-0.4, -0.2) is 36.5 Å². The Balaban J connectivity index is 1.96. The van der Waals surface area contributed by atoms with Crippen LogP contribution in [0.1, 0.15) is 51.5 Å². The highest BCUT2D eigenvalue weighted by molar-refractivity contribution is 7.07. The number of amides is 1. The topological polar surface area (TPSA) is 46.6 Å². The lowest BCUT2D eigenvalue weighted by Crippen LogP contribution is -2.37. The number of hydrogen-bond donors (Lipinski definition) is 0. The van der Waals surface area contributed by atoms with Crippen molar-refractivity contribution in [1.82, 2.24) is 4.90 Å². The van der Waals surface area contributed by atoms with E-state index in [1.165, 1.54) is 12.7 Å². The van der Waals surface area contributed by atoms with Gasteiger partial charge in [-0.25, -0.2) is 0 Å². The Hall–Kier alpha value is -1.36. The van der Waals surface area contributed by atoms with E-state index in [9.17, 15) is 9.59 Å². The maximum atomic E-state index is 12.6. The van der Waals surface area contributed by atoms with E-state index in [1.54, 1.807) is 11.3 Å². The van der Waals surface area contributed by atoms with Crippen molar-refractivity contribution in [3.05, 3.63) is 22.4 Å². The summed E-state index contributed by atoms with van der Waals surface area (Å²) in [6.07, 6.45) is 1.66. The van der Waals surface area contributed by atoms with Gasteiger partial charge in [0.1, 0.15) is 0 Å². The molecule has 1 fully saturated rings. The van der Waals surface area contributed by atoms with Crippen LogP contribution in [0.15, 0.2) is 16.8 Å². The Morgan fingerprint density at radius 3 is 2.73 bits per heavy atom. The fourth-order valence-electron chi connectivity index (χ4n) is 3.16. The average molecular weight is 323 g/mol. The highest BCUT2D eigenvalue weighted by Crippen LogP contribution is 2.35. The molecule has 1 aromatic rings. The van der Waals surface area contributed by atoms with Gasteiger partial charge in [0, 0.05) is 24.9 Å². The molecule has 0 N–H and O–H groups in total. The fraction of sp³-hybridized carbons (Fsp3) is 0.647. The summed E-state index contributed by atoms with van der Waals surface area (Å²) in [7, 11) is 1.38. The highest BCUT2D eigenvalue weighted by Gasteiger charge is 2.36. The van der Waals surface area contributed by atoms with Crippen LogP contribution >= 0.6 is 11.3 Å². The third kappa shape index (κ3) is 4.09. The first-order chi connectivity index (χ1) is 10.3. The highest BCUT2D eigenvalue weighted by atomic mass is 32.1. The van der Waals surface area contributed by atoms with Gasteiger partial charge >= 0.3 is 5.97 Å². The van der Waals surface area contributed by atoms with Crippen molar-refractivity contribution < 1.29 is 14.3 Å². The minimum atomic E-state index is -0.371. The zero-order valence-corrected chi connectivity index (χ0v) is 14.6. The standard InChI is InChI=1S/C17H25NO3S/c1-12-7-14(13-5-6-22-11-13)10-18(12)15(19)8-17(2,3)9-16(20)21-4/h5-6,11-12,14H,7-10H2,1-4H3/t12-,14-/m1/s1. The number of methoxy groups -OCH3 is 1. The normalized spacial score (nSPS) is 21.9. The van der Waals surface area contributed by atoms with Gasteiger partial charge in [0.05, 0.1) is 13.5 Å². The van der Waals surface area contributed by atoms with Crippen molar-refractivity contribution in [1.29, 1.82) is 0 Å². The van der Waals surface area contributed by atoms with Gasteiger partial charge in [-0.2, -0.15) is 11.3 Å². The molecule has 2 rings (SSSR count). The van der Waals surface area contributed by atoms with Crippen molar-refractivity contribution in [2.75, 3.05) is 13.7 Å².